The van der Waals surface area contributed by atoms with E-state index in [9.17, 15) is 36.9 Å². The first-order valence-electron chi connectivity index (χ1n) is 16.6. The molecule has 0 bridgehead atoms. The average molecular weight is 710 g/mol. The van der Waals surface area contributed by atoms with Crippen LogP contribution < -0.4 is 21.3 Å². The molecule has 16 nitrogen and oxygen atoms in total. The molecular weight excluding hydrogens is 652 g/mol. The topological polar surface area (TPSA) is 228 Å². The molecule has 0 heterocycles. The van der Waals surface area contributed by atoms with Crippen LogP contribution >= 0.6 is 0 Å². The fourth-order valence-electron chi connectivity index (χ4n) is 4.04. The van der Waals surface area contributed by atoms with Crippen LogP contribution in [0.3, 0.4) is 0 Å². The SMILES string of the molecule is CCCCC(=O)N[C@H](C(=O)N[C@@H](CCCCNC(=O)CCOCCOCCOCCOCCC(=O)NCCS(=O)(=O)[O-])C(C)=O)C(C)C. The van der Waals surface area contributed by atoms with E-state index >= 15 is 0 Å². The molecule has 0 unspecified atom stereocenters. The summed E-state index contributed by atoms with van der Waals surface area (Å²) in [5.74, 6) is -2.07. The summed E-state index contributed by atoms with van der Waals surface area (Å²) in [4.78, 5) is 60.6. The number of amides is 4. The molecule has 2 atom stereocenters. The van der Waals surface area contributed by atoms with Crippen molar-refractivity contribution in [2.75, 3.05) is 71.7 Å². The number of ketones is 1. The van der Waals surface area contributed by atoms with Gasteiger partial charge in [-0.05, 0) is 38.5 Å². The van der Waals surface area contributed by atoms with Gasteiger partial charge in [-0.3, -0.25) is 24.0 Å². The van der Waals surface area contributed by atoms with Gasteiger partial charge >= 0.3 is 0 Å². The summed E-state index contributed by atoms with van der Waals surface area (Å²) >= 11 is 0. The second-order valence-electron chi connectivity index (χ2n) is 11.5. The lowest BCUT2D eigenvalue weighted by molar-refractivity contribution is -0.132. The van der Waals surface area contributed by atoms with Gasteiger partial charge in [0.05, 0.1) is 74.8 Å². The van der Waals surface area contributed by atoms with Crippen molar-refractivity contribution < 1.29 is 55.9 Å². The molecule has 0 aromatic carbocycles. The zero-order valence-electron chi connectivity index (χ0n) is 29.0. The molecule has 4 N–H and O–H groups in total. The van der Waals surface area contributed by atoms with Crippen molar-refractivity contribution in [1.29, 1.82) is 0 Å². The summed E-state index contributed by atoms with van der Waals surface area (Å²) in [7, 11) is -4.35. The molecule has 0 fully saturated rings. The lowest BCUT2D eigenvalue weighted by atomic mass is 10.0. The van der Waals surface area contributed by atoms with Crippen LogP contribution in [0, 0.1) is 5.92 Å². The van der Waals surface area contributed by atoms with E-state index < -0.39 is 33.9 Å². The van der Waals surface area contributed by atoms with Gasteiger partial charge in [0.15, 0.2) is 5.78 Å². The third-order valence-corrected chi connectivity index (χ3v) is 7.51. The van der Waals surface area contributed by atoms with E-state index in [4.69, 9.17) is 18.9 Å². The highest BCUT2D eigenvalue weighted by Crippen LogP contribution is 2.07. The third-order valence-electron chi connectivity index (χ3n) is 6.81. The summed E-state index contributed by atoms with van der Waals surface area (Å²) in [6, 6.07) is -1.38. The van der Waals surface area contributed by atoms with Crippen molar-refractivity contribution in [2.24, 2.45) is 5.92 Å². The van der Waals surface area contributed by atoms with Gasteiger partial charge in [0.2, 0.25) is 23.6 Å². The van der Waals surface area contributed by atoms with Crippen LogP contribution in [0.2, 0.25) is 0 Å². The molecule has 0 saturated heterocycles. The van der Waals surface area contributed by atoms with E-state index in [2.05, 4.69) is 21.3 Å². The van der Waals surface area contributed by atoms with Crippen LogP contribution in [0.15, 0.2) is 0 Å². The summed E-state index contributed by atoms with van der Waals surface area (Å²) in [6.07, 6.45) is 3.89. The van der Waals surface area contributed by atoms with Crippen molar-refractivity contribution in [2.45, 2.75) is 91.1 Å². The predicted molar refractivity (Wildman–Crippen MR) is 176 cm³/mol. The molecule has 0 aliphatic rings. The van der Waals surface area contributed by atoms with E-state index in [0.717, 1.165) is 12.8 Å². The molecule has 0 aromatic heterocycles. The minimum atomic E-state index is -4.35. The van der Waals surface area contributed by atoms with Crippen LogP contribution in [-0.4, -0.2) is 126 Å². The van der Waals surface area contributed by atoms with Crippen LogP contribution in [0.4, 0.5) is 0 Å². The van der Waals surface area contributed by atoms with E-state index in [1.54, 1.807) is 0 Å². The number of hydrogen-bond donors (Lipinski definition) is 4. The molecule has 280 valence electrons. The second-order valence-corrected chi connectivity index (χ2v) is 13.0. The number of Topliss-reactive ketones (excluding diaryl/α,β-unsaturated/α-hetero) is 1. The molecule has 0 aromatic rings. The molecule has 0 radical (unpaired) electrons. The number of carbonyl (C=O) groups excluding carboxylic acids is 5. The minimum Gasteiger partial charge on any atom is -0.748 e. The fourth-order valence-corrected chi connectivity index (χ4v) is 4.39. The van der Waals surface area contributed by atoms with Gasteiger partial charge in [0.1, 0.15) is 6.04 Å². The molecule has 0 spiro atoms. The van der Waals surface area contributed by atoms with E-state index in [0.29, 0.717) is 65.3 Å². The first kappa shape index (κ1) is 45.3. The Kier molecular flexibility index (Phi) is 26.6. The molecule has 4 amide bonds. The van der Waals surface area contributed by atoms with Crippen LogP contribution in [0.5, 0.6) is 0 Å². The third kappa shape index (κ3) is 27.3. The highest BCUT2D eigenvalue weighted by atomic mass is 32.2. The summed E-state index contributed by atoms with van der Waals surface area (Å²) < 4.78 is 52.8. The van der Waals surface area contributed by atoms with Crippen molar-refractivity contribution in [3.8, 4) is 0 Å². The maximum Gasteiger partial charge on any atom is 0.243 e. The lowest BCUT2D eigenvalue weighted by Crippen LogP contribution is -2.53. The van der Waals surface area contributed by atoms with E-state index in [1.165, 1.54) is 6.92 Å². The minimum absolute atomic E-state index is 0.0390. The van der Waals surface area contributed by atoms with E-state index in [-0.39, 0.29) is 68.6 Å². The lowest BCUT2D eigenvalue weighted by Gasteiger charge is -2.24. The Morgan fingerprint density at radius 3 is 1.62 bits per heavy atom. The van der Waals surface area contributed by atoms with Gasteiger partial charge in [-0.15, -0.1) is 0 Å². The van der Waals surface area contributed by atoms with Gasteiger partial charge in [-0.25, -0.2) is 8.42 Å². The van der Waals surface area contributed by atoms with Gasteiger partial charge < -0.3 is 44.8 Å². The first-order valence-corrected chi connectivity index (χ1v) is 18.2. The molecule has 0 aliphatic heterocycles. The summed E-state index contributed by atoms with van der Waals surface area (Å²) in [5.41, 5.74) is 0. The molecule has 0 aliphatic carbocycles. The number of carbonyl (C=O) groups is 5. The van der Waals surface area contributed by atoms with Crippen molar-refractivity contribution in [1.82, 2.24) is 21.3 Å². The summed E-state index contributed by atoms with van der Waals surface area (Å²) in [5, 5.41) is 10.7. The number of nitrogens with one attached hydrogen (secondary N) is 4. The largest absolute Gasteiger partial charge is 0.748 e. The molecule has 0 rings (SSSR count). The van der Waals surface area contributed by atoms with Gasteiger partial charge in [0, 0.05) is 32.4 Å². The average Bonchev–Trinajstić information content (AvgIpc) is 3.00. The Labute approximate surface area is 285 Å². The fraction of sp³-hybridized carbons (Fsp3) is 0.839. The maximum atomic E-state index is 12.8. The Morgan fingerprint density at radius 2 is 1.17 bits per heavy atom. The standard InChI is InChI=1S/C31H58N4O12S/c1-5-6-10-29(39)35-30(24(2)3)31(40)34-26(25(4)36)9-7-8-13-32-27(37)11-15-44-17-19-46-21-22-47-20-18-45-16-12-28(38)33-14-23-48(41,42)43/h24,26,30H,5-23H2,1-4H3,(H,32,37)(H,33,38)(H,34,40)(H,35,39)(H,41,42,43)/p-1/t26-,30-/m0/s1. The van der Waals surface area contributed by atoms with Crippen molar-refractivity contribution in [3.63, 3.8) is 0 Å². The summed E-state index contributed by atoms with van der Waals surface area (Å²) in [6.45, 7) is 9.57. The molecule has 0 saturated carbocycles. The van der Waals surface area contributed by atoms with Crippen molar-refractivity contribution >= 4 is 39.5 Å². The number of unbranched alkanes of at least 4 members (excludes halogenated alkanes) is 2. The Bertz CT molecular complexity index is 1040. The zero-order valence-corrected chi connectivity index (χ0v) is 29.8. The normalized spacial score (nSPS) is 12.7. The second kappa shape index (κ2) is 28.2. The molecular formula is C31H57N4O12S-. The number of rotatable bonds is 31. The maximum absolute atomic E-state index is 12.8. The van der Waals surface area contributed by atoms with Crippen LogP contribution in [0.25, 0.3) is 0 Å². The first-order chi connectivity index (χ1) is 22.8. The van der Waals surface area contributed by atoms with Crippen LogP contribution in [-0.2, 0) is 53.0 Å². The quantitative estimate of drug-likeness (QED) is 0.0559. The Balaban J connectivity index is 3.81. The molecule has 17 heteroatoms. The molecule has 48 heavy (non-hydrogen) atoms. The van der Waals surface area contributed by atoms with Crippen molar-refractivity contribution in [3.05, 3.63) is 0 Å². The number of ether oxygens (including phenoxy) is 4. The highest BCUT2D eigenvalue weighted by Gasteiger charge is 2.27. The Hall–Kier alpha value is -2.70. The smallest absolute Gasteiger partial charge is 0.243 e. The highest BCUT2D eigenvalue weighted by molar-refractivity contribution is 7.85. The number of hydrogen-bond acceptors (Lipinski definition) is 12. The van der Waals surface area contributed by atoms with Gasteiger partial charge in [-0.1, -0.05) is 27.2 Å². The van der Waals surface area contributed by atoms with Crippen LogP contribution in [0.1, 0.15) is 79.1 Å². The monoisotopic (exact) mass is 709 g/mol. The van der Waals surface area contributed by atoms with Gasteiger partial charge in [-0.2, -0.15) is 0 Å². The predicted octanol–water partition coefficient (Wildman–Crippen LogP) is 0.186. The zero-order chi connectivity index (χ0) is 36.2. The van der Waals surface area contributed by atoms with Gasteiger partial charge in [0.25, 0.3) is 0 Å². The van der Waals surface area contributed by atoms with E-state index in [1.807, 2.05) is 20.8 Å². The Morgan fingerprint density at radius 1 is 0.667 bits per heavy atom.